The fraction of sp³-hybridized carbons (Fsp3) is 0.400. The van der Waals surface area contributed by atoms with Gasteiger partial charge in [-0.25, -0.2) is 4.79 Å². The summed E-state index contributed by atoms with van der Waals surface area (Å²) in [5, 5.41) is 33.7. The first-order chi connectivity index (χ1) is 12.0. The number of hydrogen-bond acceptors (Lipinski definition) is 8. The molecular formula is C15H17N3O5S2. The third-order valence-corrected chi connectivity index (χ3v) is 5.26. The second kappa shape index (κ2) is 7.77. The zero-order valence-electron chi connectivity index (χ0n) is 13.0. The van der Waals surface area contributed by atoms with E-state index in [1.807, 2.05) is 30.3 Å². The van der Waals surface area contributed by atoms with Crippen LogP contribution in [0.2, 0.25) is 0 Å². The van der Waals surface area contributed by atoms with Crippen LogP contribution in [0.4, 0.5) is 0 Å². The Morgan fingerprint density at radius 2 is 2.00 bits per heavy atom. The Balaban J connectivity index is 1.86. The van der Waals surface area contributed by atoms with Crippen molar-refractivity contribution in [2.75, 3.05) is 6.61 Å². The highest BCUT2D eigenvalue weighted by atomic mass is 32.2. The number of nitrogens with one attached hydrogen (secondary N) is 1. The molecule has 1 aromatic heterocycles. The highest BCUT2D eigenvalue weighted by Crippen LogP contribution is 2.28. The SMILES string of the molecule is O=c1[nH]c(=S)c(SCc2ccccc2)nn1[C@@H]1O[C@H](CO)[C@@H](O)[C@H]1O. The number of aromatic nitrogens is 3. The van der Waals surface area contributed by atoms with Crippen molar-refractivity contribution >= 4 is 24.0 Å². The highest BCUT2D eigenvalue weighted by Gasteiger charge is 2.44. The van der Waals surface area contributed by atoms with Crippen LogP contribution in [-0.4, -0.2) is 55.0 Å². The number of rotatable bonds is 5. The molecule has 25 heavy (non-hydrogen) atoms. The van der Waals surface area contributed by atoms with Crippen LogP contribution in [0.1, 0.15) is 11.8 Å². The number of aliphatic hydroxyl groups excluding tert-OH is 3. The molecule has 0 saturated carbocycles. The summed E-state index contributed by atoms with van der Waals surface area (Å²) < 4.78 is 6.45. The lowest BCUT2D eigenvalue weighted by Gasteiger charge is -2.16. The summed E-state index contributed by atoms with van der Waals surface area (Å²) in [6, 6.07) is 9.68. The van der Waals surface area contributed by atoms with E-state index < -0.39 is 36.8 Å². The molecule has 1 aliphatic rings. The molecule has 134 valence electrons. The van der Waals surface area contributed by atoms with Crippen LogP contribution in [-0.2, 0) is 10.5 Å². The molecule has 4 N–H and O–H groups in total. The average Bonchev–Trinajstić information content (AvgIpc) is 2.90. The fourth-order valence-corrected chi connectivity index (χ4v) is 3.60. The van der Waals surface area contributed by atoms with Gasteiger partial charge in [-0.3, -0.25) is 4.98 Å². The normalized spacial score (nSPS) is 26.0. The maximum atomic E-state index is 12.1. The molecule has 4 atom stereocenters. The molecule has 0 spiro atoms. The molecule has 0 unspecified atom stereocenters. The van der Waals surface area contributed by atoms with Gasteiger partial charge in [-0.2, -0.15) is 9.78 Å². The summed E-state index contributed by atoms with van der Waals surface area (Å²) in [5.41, 5.74) is 0.401. The van der Waals surface area contributed by atoms with Crippen molar-refractivity contribution in [2.24, 2.45) is 0 Å². The minimum atomic E-state index is -1.39. The first kappa shape index (κ1) is 18.2. The van der Waals surface area contributed by atoms with Crippen LogP contribution in [0.3, 0.4) is 0 Å². The minimum Gasteiger partial charge on any atom is -0.394 e. The van der Waals surface area contributed by atoms with Crippen LogP contribution in [0.25, 0.3) is 0 Å². The number of hydrogen-bond donors (Lipinski definition) is 4. The summed E-state index contributed by atoms with van der Waals surface area (Å²) in [4.78, 5) is 14.6. The monoisotopic (exact) mass is 383 g/mol. The predicted octanol–water partition coefficient (Wildman–Crippen LogP) is 0.205. The number of ether oxygens (including phenoxy) is 1. The van der Waals surface area contributed by atoms with Crippen molar-refractivity contribution in [2.45, 2.75) is 35.3 Å². The lowest BCUT2D eigenvalue weighted by Crippen LogP contribution is -2.37. The first-order valence-corrected chi connectivity index (χ1v) is 8.93. The van der Waals surface area contributed by atoms with E-state index in [-0.39, 0.29) is 4.64 Å². The van der Waals surface area contributed by atoms with E-state index in [1.165, 1.54) is 11.8 Å². The topological polar surface area (TPSA) is 121 Å². The molecule has 0 aliphatic carbocycles. The van der Waals surface area contributed by atoms with Crippen molar-refractivity contribution in [1.82, 2.24) is 14.8 Å². The minimum absolute atomic E-state index is 0.189. The number of nitrogens with zero attached hydrogens (tertiary/aromatic N) is 2. The Morgan fingerprint density at radius 3 is 2.64 bits per heavy atom. The van der Waals surface area contributed by atoms with Crippen LogP contribution in [0.15, 0.2) is 40.2 Å². The molecule has 10 heteroatoms. The molecule has 3 rings (SSSR count). The van der Waals surface area contributed by atoms with Gasteiger partial charge < -0.3 is 20.1 Å². The molecule has 0 bridgehead atoms. The Morgan fingerprint density at radius 1 is 1.28 bits per heavy atom. The third-order valence-electron chi connectivity index (χ3n) is 3.80. The summed E-state index contributed by atoms with van der Waals surface area (Å²) in [5.74, 6) is 0.597. The summed E-state index contributed by atoms with van der Waals surface area (Å²) in [6.07, 6.45) is -4.90. The first-order valence-electron chi connectivity index (χ1n) is 7.53. The van der Waals surface area contributed by atoms with E-state index in [0.29, 0.717) is 10.8 Å². The van der Waals surface area contributed by atoms with Crippen molar-refractivity contribution < 1.29 is 20.1 Å². The number of benzene rings is 1. The number of H-pyrrole nitrogens is 1. The second-order valence-electron chi connectivity index (χ2n) is 5.51. The number of aromatic amines is 1. The third kappa shape index (κ3) is 3.84. The standard InChI is InChI=1S/C15H17N3O5S2/c19-6-9-10(20)11(21)14(23-9)18-15(22)16-12(24)13(17-18)25-7-8-4-2-1-3-5-8/h1-5,9-11,14,19-21H,6-7H2,(H,16,22,24)/t9-,10-,11-,14-/m1/s1. The Bertz CT molecular complexity index is 841. The largest absolute Gasteiger partial charge is 0.394 e. The van der Waals surface area contributed by atoms with Gasteiger partial charge in [0.05, 0.1) is 6.61 Å². The van der Waals surface area contributed by atoms with E-state index in [0.717, 1.165) is 10.2 Å². The van der Waals surface area contributed by atoms with Gasteiger partial charge in [0, 0.05) is 5.75 Å². The van der Waals surface area contributed by atoms with Gasteiger partial charge in [-0.1, -0.05) is 54.3 Å². The molecule has 2 aromatic rings. The molecule has 0 radical (unpaired) electrons. The zero-order chi connectivity index (χ0) is 18.0. The molecule has 1 aliphatic heterocycles. The smallest absolute Gasteiger partial charge is 0.345 e. The van der Waals surface area contributed by atoms with Crippen molar-refractivity contribution in [3.63, 3.8) is 0 Å². The van der Waals surface area contributed by atoms with Crippen molar-refractivity contribution in [1.29, 1.82) is 0 Å². The molecule has 8 nitrogen and oxygen atoms in total. The van der Waals surface area contributed by atoms with Crippen molar-refractivity contribution in [3.8, 4) is 0 Å². The van der Waals surface area contributed by atoms with Gasteiger partial charge in [0.15, 0.2) is 11.3 Å². The van der Waals surface area contributed by atoms with E-state index >= 15 is 0 Å². The molecule has 1 saturated heterocycles. The van der Waals surface area contributed by atoms with Gasteiger partial charge in [-0.05, 0) is 5.56 Å². The maximum Gasteiger partial charge on any atom is 0.345 e. The van der Waals surface area contributed by atoms with Crippen LogP contribution >= 0.6 is 24.0 Å². The van der Waals surface area contributed by atoms with Crippen LogP contribution in [0.5, 0.6) is 0 Å². The van der Waals surface area contributed by atoms with Crippen LogP contribution < -0.4 is 5.69 Å². The summed E-state index contributed by atoms with van der Waals surface area (Å²) in [6.45, 7) is -0.484. The van der Waals surface area contributed by atoms with Gasteiger partial charge in [0.1, 0.15) is 23.0 Å². The number of thioether (sulfide) groups is 1. The Labute approximate surface area is 152 Å². The van der Waals surface area contributed by atoms with E-state index in [4.69, 9.17) is 22.1 Å². The fourth-order valence-electron chi connectivity index (χ4n) is 2.47. The zero-order valence-corrected chi connectivity index (χ0v) is 14.6. The quantitative estimate of drug-likeness (QED) is 0.427. The second-order valence-corrected chi connectivity index (χ2v) is 6.88. The van der Waals surface area contributed by atoms with Gasteiger partial charge >= 0.3 is 5.69 Å². The Kier molecular flexibility index (Phi) is 5.67. The Hall–Kier alpha value is -1.56. The predicted molar refractivity (Wildman–Crippen MR) is 92.7 cm³/mol. The van der Waals surface area contributed by atoms with E-state index in [9.17, 15) is 15.0 Å². The van der Waals surface area contributed by atoms with Gasteiger partial charge in [0.25, 0.3) is 0 Å². The lowest BCUT2D eigenvalue weighted by molar-refractivity contribution is -0.0626. The molecule has 1 aromatic carbocycles. The molecular weight excluding hydrogens is 366 g/mol. The van der Waals surface area contributed by atoms with Crippen LogP contribution in [0, 0.1) is 4.64 Å². The molecule has 1 fully saturated rings. The maximum absolute atomic E-state index is 12.1. The average molecular weight is 383 g/mol. The summed E-state index contributed by atoms with van der Waals surface area (Å²) in [7, 11) is 0. The number of aliphatic hydroxyl groups is 3. The highest BCUT2D eigenvalue weighted by molar-refractivity contribution is 7.98. The van der Waals surface area contributed by atoms with E-state index in [1.54, 1.807) is 0 Å². The van der Waals surface area contributed by atoms with E-state index in [2.05, 4.69) is 10.1 Å². The van der Waals surface area contributed by atoms with Gasteiger partial charge in [0.2, 0.25) is 0 Å². The van der Waals surface area contributed by atoms with Crippen molar-refractivity contribution in [3.05, 3.63) is 51.0 Å². The van der Waals surface area contributed by atoms with Gasteiger partial charge in [-0.15, -0.1) is 0 Å². The lowest BCUT2D eigenvalue weighted by atomic mass is 10.1. The summed E-state index contributed by atoms with van der Waals surface area (Å²) >= 11 is 6.48. The molecule has 2 heterocycles. The molecule has 0 amide bonds.